The highest BCUT2D eigenvalue weighted by Gasteiger charge is 2.21. The molecule has 0 aliphatic heterocycles. The van der Waals surface area contributed by atoms with E-state index in [1.54, 1.807) is 6.07 Å². The van der Waals surface area contributed by atoms with E-state index in [1.807, 2.05) is 6.92 Å². The Labute approximate surface area is 156 Å². The zero-order valence-corrected chi connectivity index (χ0v) is 15.3. The topological polar surface area (TPSA) is 67.7 Å². The van der Waals surface area contributed by atoms with Gasteiger partial charge in [0.15, 0.2) is 11.5 Å². The van der Waals surface area contributed by atoms with Gasteiger partial charge in [-0.15, -0.1) is 0 Å². The Kier molecular flexibility index (Phi) is 5.48. The molecule has 0 spiro atoms. The molecular formula is C17H15BrF2N4O2. The predicted molar refractivity (Wildman–Crippen MR) is 96.2 cm³/mol. The van der Waals surface area contributed by atoms with Gasteiger partial charge in [-0.25, -0.2) is 19.2 Å². The van der Waals surface area contributed by atoms with Crippen molar-refractivity contribution in [2.75, 3.05) is 11.9 Å². The number of hydrogen-bond donors (Lipinski definition) is 2. The number of fused-ring (bicyclic) bond motifs is 1. The molecule has 2 aromatic heterocycles. The fourth-order valence-electron chi connectivity index (χ4n) is 2.31. The Morgan fingerprint density at radius 3 is 2.92 bits per heavy atom. The Morgan fingerprint density at radius 2 is 2.19 bits per heavy atom. The second-order valence-electron chi connectivity index (χ2n) is 5.42. The van der Waals surface area contributed by atoms with Crippen LogP contribution in [0, 0.1) is 11.6 Å². The molecule has 0 fully saturated rings. The molecule has 26 heavy (non-hydrogen) atoms. The highest BCUT2D eigenvalue weighted by Crippen LogP contribution is 2.29. The third-order valence-electron chi connectivity index (χ3n) is 3.53. The van der Waals surface area contributed by atoms with Crippen LogP contribution in [0.2, 0.25) is 0 Å². The van der Waals surface area contributed by atoms with Crippen molar-refractivity contribution in [2.45, 2.75) is 13.3 Å². The maximum absolute atomic E-state index is 14.9. The number of imidazole rings is 1. The van der Waals surface area contributed by atoms with Crippen LogP contribution in [-0.4, -0.2) is 21.9 Å². The number of carbonyl (C=O) groups excluding carboxylic acids is 1. The van der Waals surface area contributed by atoms with Crippen molar-refractivity contribution in [2.24, 2.45) is 0 Å². The zero-order valence-electron chi connectivity index (χ0n) is 13.7. The lowest BCUT2D eigenvalue weighted by Gasteiger charge is -2.15. The fourth-order valence-corrected chi connectivity index (χ4v) is 2.65. The number of nitrogens with zero attached hydrogens (tertiary/aromatic N) is 2. The van der Waals surface area contributed by atoms with E-state index >= 15 is 0 Å². The van der Waals surface area contributed by atoms with Gasteiger partial charge in [0.2, 0.25) is 0 Å². The number of aromatic nitrogens is 2. The summed E-state index contributed by atoms with van der Waals surface area (Å²) in [4.78, 5) is 21.3. The van der Waals surface area contributed by atoms with E-state index in [4.69, 9.17) is 4.84 Å². The van der Waals surface area contributed by atoms with Crippen molar-refractivity contribution in [3.05, 3.63) is 58.5 Å². The van der Waals surface area contributed by atoms with Gasteiger partial charge >= 0.3 is 0 Å². The van der Waals surface area contributed by atoms with Crippen LogP contribution in [0.1, 0.15) is 23.7 Å². The number of anilines is 2. The van der Waals surface area contributed by atoms with Gasteiger partial charge in [0.1, 0.15) is 5.82 Å². The highest BCUT2D eigenvalue weighted by atomic mass is 79.9. The molecule has 1 aromatic carbocycles. The first-order chi connectivity index (χ1) is 12.5. The van der Waals surface area contributed by atoms with E-state index in [9.17, 15) is 13.6 Å². The van der Waals surface area contributed by atoms with Crippen LogP contribution >= 0.6 is 15.9 Å². The van der Waals surface area contributed by atoms with Crippen LogP contribution in [0.3, 0.4) is 0 Å². The normalized spacial score (nSPS) is 10.9. The van der Waals surface area contributed by atoms with Gasteiger partial charge in [0, 0.05) is 23.1 Å². The minimum Gasteiger partial charge on any atom is -0.350 e. The van der Waals surface area contributed by atoms with Crippen molar-refractivity contribution < 1.29 is 18.4 Å². The fraction of sp³-hybridized carbons (Fsp3) is 0.176. The lowest BCUT2D eigenvalue weighted by atomic mass is 10.2. The van der Waals surface area contributed by atoms with Gasteiger partial charge in [-0.05, 0) is 24.6 Å². The third kappa shape index (κ3) is 3.68. The Hall–Kier alpha value is -2.52. The van der Waals surface area contributed by atoms with Crippen molar-refractivity contribution in [3.63, 3.8) is 0 Å². The molecule has 0 aliphatic carbocycles. The summed E-state index contributed by atoms with van der Waals surface area (Å²) in [5, 5.41) is 2.65. The van der Waals surface area contributed by atoms with Gasteiger partial charge in [0.25, 0.3) is 5.91 Å². The highest BCUT2D eigenvalue weighted by molar-refractivity contribution is 9.10. The SMILES string of the molecule is CCCONC(=O)c1cn2ccnc2c(F)c1Nc1ccc(Br)cc1F. The van der Waals surface area contributed by atoms with E-state index < -0.39 is 17.5 Å². The van der Waals surface area contributed by atoms with E-state index in [1.165, 1.54) is 35.1 Å². The van der Waals surface area contributed by atoms with E-state index in [0.29, 0.717) is 17.5 Å². The minimum absolute atomic E-state index is 0.0102. The summed E-state index contributed by atoms with van der Waals surface area (Å²) < 4.78 is 31.0. The first kappa shape index (κ1) is 18.3. The first-order valence-electron chi connectivity index (χ1n) is 7.80. The number of halogens is 3. The second-order valence-corrected chi connectivity index (χ2v) is 6.33. The average molecular weight is 425 g/mol. The smallest absolute Gasteiger partial charge is 0.278 e. The molecule has 9 heteroatoms. The van der Waals surface area contributed by atoms with Gasteiger partial charge in [-0.1, -0.05) is 22.9 Å². The zero-order chi connectivity index (χ0) is 18.7. The number of pyridine rings is 1. The molecule has 0 aliphatic rings. The molecule has 0 atom stereocenters. The lowest BCUT2D eigenvalue weighted by Crippen LogP contribution is -2.25. The van der Waals surface area contributed by atoms with Crippen molar-refractivity contribution in [3.8, 4) is 0 Å². The summed E-state index contributed by atoms with van der Waals surface area (Å²) >= 11 is 3.16. The van der Waals surface area contributed by atoms with Crippen LogP contribution in [0.4, 0.5) is 20.2 Å². The second kappa shape index (κ2) is 7.79. The number of benzene rings is 1. The molecule has 0 bridgehead atoms. The Bertz CT molecular complexity index is 961. The number of hydroxylamine groups is 1. The maximum Gasteiger partial charge on any atom is 0.278 e. The molecule has 0 saturated carbocycles. The van der Waals surface area contributed by atoms with Gasteiger partial charge < -0.3 is 9.72 Å². The number of amides is 1. The summed E-state index contributed by atoms with van der Waals surface area (Å²) in [6.07, 6.45) is 5.00. The van der Waals surface area contributed by atoms with Gasteiger partial charge in [-0.2, -0.15) is 0 Å². The van der Waals surface area contributed by atoms with Gasteiger partial charge in [0.05, 0.1) is 23.5 Å². The number of hydrogen-bond acceptors (Lipinski definition) is 4. The largest absolute Gasteiger partial charge is 0.350 e. The number of nitrogens with one attached hydrogen (secondary N) is 2. The number of rotatable bonds is 6. The van der Waals surface area contributed by atoms with Crippen molar-refractivity contribution >= 4 is 38.9 Å². The summed E-state index contributed by atoms with van der Waals surface area (Å²) in [6.45, 7) is 2.19. The van der Waals surface area contributed by atoms with Crippen molar-refractivity contribution in [1.82, 2.24) is 14.9 Å². The summed E-state index contributed by atoms with van der Waals surface area (Å²) in [5.74, 6) is -2.04. The molecule has 3 aromatic rings. The third-order valence-corrected chi connectivity index (χ3v) is 4.02. The molecule has 0 saturated heterocycles. The maximum atomic E-state index is 14.9. The standard InChI is InChI=1S/C17H15BrF2N4O2/c1-2-7-26-23-17(25)11-9-24-6-5-21-16(24)14(20)15(11)22-13-4-3-10(18)8-12(13)19/h3-6,8-9,22H,2,7H2,1H3,(H,23,25). The molecule has 3 rings (SSSR count). The molecule has 6 nitrogen and oxygen atoms in total. The van der Waals surface area contributed by atoms with E-state index in [0.717, 1.165) is 0 Å². The van der Waals surface area contributed by atoms with Crippen LogP contribution in [0.25, 0.3) is 5.65 Å². The molecule has 0 unspecified atom stereocenters. The van der Waals surface area contributed by atoms with Gasteiger partial charge in [-0.3, -0.25) is 9.63 Å². The van der Waals surface area contributed by atoms with Crippen LogP contribution in [-0.2, 0) is 4.84 Å². The minimum atomic E-state index is -0.777. The molecular weight excluding hydrogens is 410 g/mol. The molecule has 0 radical (unpaired) electrons. The lowest BCUT2D eigenvalue weighted by molar-refractivity contribution is 0.0315. The molecule has 136 valence electrons. The van der Waals surface area contributed by atoms with E-state index in [2.05, 4.69) is 31.7 Å². The molecule has 1 amide bonds. The Balaban J connectivity index is 2.04. The van der Waals surface area contributed by atoms with Crippen LogP contribution < -0.4 is 10.8 Å². The summed E-state index contributed by atoms with van der Waals surface area (Å²) in [5.41, 5.74) is 2.04. The quantitative estimate of drug-likeness (QED) is 0.459. The average Bonchev–Trinajstić information content (AvgIpc) is 3.08. The predicted octanol–water partition coefficient (Wildman–Crippen LogP) is 4.19. The summed E-state index contributed by atoms with van der Waals surface area (Å²) in [7, 11) is 0. The summed E-state index contributed by atoms with van der Waals surface area (Å²) in [6, 6.07) is 4.27. The first-order valence-corrected chi connectivity index (χ1v) is 8.60. The number of carbonyl (C=O) groups is 1. The van der Waals surface area contributed by atoms with Crippen LogP contribution in [0.5, 0.6) is 0 Å². The monoisotopic (exact) mass is 424 g/mol. The molecule has 2 N–H and O–H groups in total. The van der Waals surface area contributed by atoms with Crippen LogP contribution in [0.15, 0.2) is 41.3 Å². The van der Waals surface area contributed by atoms with E-state index in [-0.39, 0.29) is 22.6 Å². The van der Waals surface area contributed by atoms with Crippen molar-refractivity contribution in [1.29, 1.82) is 0 Å². The Morgan fingerprint density at radius 1 is 1.38 bits per heavy atom. The molecule has 2 heterocycles.